The molecule has 0 aliphatic heterocycles. The summed E-state index contributed by atoms with van der Waals surface area (Å²) in [4.78, 5) is 23.6. The van der Waals surface area contributed by atoms with Gasteiger partial charge in [0, 0.05) is 13.0 Å². The van der Waals surface area contributed by atoms with Crippen molar-refractivity contribution in [2.75, 3.05) is 6.54 Å². The molecule has 1 fully saturated rings. The van der Waals surface area contributed by atoms with Gasteiger partial charge in [0.2, 0.25) is 5.91 Å². The highest BCUT2D eigenvalue weighted by Gasteiger charge is 2.39. The van der Waals surface area contributed by atoms with Crippen molar-refractivity contribution in [2.24, 2.45) is 5.92 Å². The summed E-state index contributed by atoms with van der Waals surface area (Å²) >= 11 is 0. The van der Waals surface area contributed by atoms with Crippen molar-refractivity contribution in [2.45, 2.75) is 24.7 Å². The molecule has 0 heterocycles. The predicted molar refractivity (Wildman–Crippen MR) is 91.7 cm³/mol. The molecule has 1 aliphatic rings. The Labute approximate surface area is 141 Å². The quantitative estimate of drug-likeness (QED) is 0.822. The van der Waals surface area contributed by atoms with Crippen molar-refractivity contribution in [3.05, 3.63) is 71.8 Å². The zero-order chi connectivity index (χ0) is 16.9. The summed E-state index contributed by atoms with van der Waals surface area (Å²) in [5, 5.41) is 12.2. The fraction of sp³-hybridized carbons (Fsp3) is 0.300. The fourth-order valence-electron chi connectivity index (χ4n) is 3.14. The molecule has 3 atom stereocenters. The van der Waals surface area contributed by atoms with Crippen LogP contribution in [0.25, 0.3) is 0 Å². The first kappa shape index (κ1) is 16.2. The Morgan fingerprint density at radius 1 is 1.04 bits per heavy atom. The molecule has 2 N–H and O–H groups in total. The summed E-state index contributed by atoms with van der Waals surface area (Å²) in [5.41, 5.74) is 1.99. The summed E-state index contributed by atoms with van der Waals surface area (Å²) < 4.78 is 0. The first-order valence-corrected chi connectivity index (χ1v) is 8.24. The van der Waals surface area contributed by atoms with E-state index in [1.165, 1.54) is 5.56 Å². The lowest BCUT2D eigenvalue weighted by Gasteiger charge is -2.13. The normalized spacial score (nSPS) is 20.2. The summed E-state index contributed by atoms with van der Waals surface area (Å²) in [6, 6.07) is 19.2. The van der Waals surface area contributed by atoms with Crippen LogP contribution in [-0.4, -0.2) is 23.5 Å². The topological polar surface area (TPSA) is 66.4 Å². The lowest BCUT2D eigenvalue weighted by Crippen LogP contribution is -2.31. The minimum absolute atomic E-state index is 0.0689. The molecule has 4 nitrogen and oxygen atoms in total. The zero-order valence-corrected chi connectivity index (χ0v) is 13.4. The number of carbonyl (C=O) groups is 2. The van der Waals surface area contributed by atoms with Gasteiger partial charge in [-0.2, -0.15) is 0 Å². The van der Waals surface area contributed by atoms with E-state index >= 15 is 0 Å². The maximum Gasteiger partial charge on any atom is 0.312 e. The van der Waals surface area contributed by atoms with Crippen molar-refractivity contribution in [1.82, 2.24) is 5.32 Å². The third-order valence-corrected chi connectivity index (χ3v) is 4.60. The lowest BCUT2D eigenvalue weighted by molar-refractivity contribution is -0.138. The molecule has 0 spiro atoms. The van der Waals surface area contributed by atoms with Crippen LogP contribution in [0.1, 0.15) is 35.8 Å². The molecular weight excluding hydrogens is 302 g/mol. The van der Waals surface area contributed by atoms with Crippen molar-refractivity contribution in [3.8, 4) is 0 Å². The van der Waals surface area contributed by atoms with Gasteiger partial charge in [-0.1, -0.05) is 60.7 Å². The van der Waals surface area contributed by atoms with E-state index in [1.807, 2.05) is 36.4 Å². The smallest absolute Gasteiger partial charge is 0.312 e. The number of nitrogens with one attached hydrogen (secondary N) is 1. The second-order valence-electron chi connectivity index (χ2n) is 6.32. The minimum Gasteiger partial charge on any atom is -0.481 e. The molecule has 4 heteroatoms. The zero-order valence-electron chi connectivity index (χ0n) is 13.4. The van der Waals surface area contributed by atoms with Gasteiger partial charge in [-0.15, -0.1) is 0 Å². The van der Waals surface area contributed by atoms with Gasteiger partial charge in [0.05, 0.1) is 5.92 Å². The van der Waals surface area contributed by atoms with Crippen LogP contribution in [0.2, 0.25) is 0 Å². The molecular formula is C20H21NO3. The van der Waals surface area contributed by atoms with E-state index in [1.54, 1.807) is 12.1 Å². The number of carbonyl (C=O) groups excluding carboxylic acids is 1. The monoisotopic (exact) mass is 323 g/mol. The fourth-order valence-corrected chi connectivity index (χ4v) is 3.14. The molecule has 0 aromatic heterocycles. The van der Waals surface area contributed by atoms with Crippen LogP contribution in [0.15, 0.2) is 60.7 Å². The van der Waals surface area contributed by atoms with Gasteiger partial charge in [-0.3, -0.25) is 9.59 Å². The number of carboxylic acid groups (broad SMARTS) is 1. The van der Waals surface area contributed by atoms with Gasteiger partial charge >= 0.3 is 5.97 Å². The van der Waals surface area contributed by atoms with Crippen molar-refractivity contribution < 1.29 is 14.7 Å². The first-order valence-electron chi connectivity index (χ1n) is 8.24. The highest BCUT2D eigenvalue weighted by atomic mass is 16.4. The van der Waals surface area contributed by atoms with Crippen molar-refractivity contribution in [3.63, 3.8) is 0 Å². The number of aliphatic carboxylic acids is 1. The second kappa shape index (κ2) is 7.30. The number of carboxylic acids is 1. The lowest BCUT2D eigenvalue weighted by atomic mass is 9.99. The van der Waals surface area contributed by atoms with E-state index < -0.39 is 11.9 Å². The molecule has 2 aromatic carbocycles. The third kappa shape index (κ3) is 4.02. The summed E-state index contributed by atoms with van der Waals surface area (Å²) in [6.45, 7) is 0.126. The SMILES string of the molecule is O=C(C[C@@H]1C[C@H]1c1ccccc1)NCC(C(=O)O)c1ccccc1. The van der Waals surface area contributed by atoms with Gasteiger partial charge in [0.1, 0.15) is 0 Å². The Hall–Kier alpha value is -2.62. The van der Waals surface area contributed by atoms with Crippen LogP contribution in [0.5, 0.6) is 0 Å². The molecule has 1 saturated carbocycles. The number of benzene rings is 2. The summed E-state index contributed by atoms with van der Waals surface area (Å²) in [6.07, 6.45) is 1.49. The largest absolute Gasteiger partial charge is 0.481 e. The van der Waals surface area contributed by atoms with Gasteiger partial charge in [0.25, 0.3) is 0 Å². The Morgan fingerprint density at radius 3 is 2.29 bits per heavy atom. The molecule has 3 rings (SSSR count). The maximum absolute atomic E-state index is 12.1. The first-order chi connectivity index (χ1) is 11.6. The third-order valence-electron chi connectivity index (χ3n) is 4.60. The molecule has 124 valence electrons. The Balaban J connectivity index is 1.50. The summed E-state index contributed by atoms with van der Waals surface area (Å²) in [7, 11) is 0. The van der Waals surface area contributed by atoms with Crippen LogP contribution in [0.3, 0.4) is 0 Å². The van der Waals surface area contributed by atoms with Crippen LogP contribution >= 0.6 is 0 Å². The van der Waals surface area contributed by atoms with Crippen molar-refractivity contribution in [1.29, 1.82) is 0 Å². The Morgan fingerprint density at radius 2 is 1.67 bits per heavy atom. The average Bonchev–Trinajstić information content (AvgIpc) is 3.35. The number of hydrogen-bond acceptors (Lipinski definition) is 2. The standard InChI is InChI=1S/C20H21NO3/c22-19(12-16-11-17(16)14-7-3-1-4-8-14)21-13-18(20(23)24)15-9-5-2-6-10-15/h1-10,16-18H,11-13H2,(H,21,22)(H,23,24)/t16-,17-,18?/m0/s1. The molecule has 1 amide bonds. The maximum atomic E-state index is 12.1. The Bertz CT molecular complexity index is 699. The minimum atomic E-state index is -0.921. The number of amides is 1. The highest BCUT2D eigenvalue weighted by molar-refractivity contribution is 5.80. The van der Waals surface area contributed by atoms with E-state index in [-0.39, 0.29) is 12.5 Å². The second-order valence-corrected chi connectivity index (χ2v) is 6.32. The number of hydrogen-bond donors (Lipinski definition) is 2. The van der Waals surface area contributed by atoms with E-state index in [9.17, 15) is 14.7 Å². The van der Waals surface area contributed by atoms with Gasteiger partial charge in [0.15, 0.2) is 0 Å². The van der Waals surface area contributed by atoms with Crippen LogP contribution in [0, 0.1) is 5.92 Å². The predicted octanol–water partition coefficient (Wildman–Crippen LogP) is 3.16. The van der Waals surface area contributed by atoms with E-state index in [0.717, 1.165) is 6.42 Å². The number of rotatable bonds is 7. The molecule has 0 radical (unpaired) electrons. The molecule has 0 bridgehead atoms. The Kier molecular flexibility index (Phi) is 4.94. The van der Waals surface area contributed by atoms with Gasteiger partial charge < -0.3 is 10.4 Å². The molecule has 2 aromatic rings. The van der Waals surface area contributed by atoms with E-state index in [2.05, 4.69) is 17.4 Å². The van der Waals surface area contributed by atoms with Gasteiger partial charge in [-0.25, -0.2) is 0 Å². The van der Waals surface area contributed by atoms with E-state index in [0.29, 0.717) is 23.8 Å². The van der Waals surface area contributed by atoms with Crippen LogP contribution in [0.4, 0.5) is 0 Å². The molecule has 24 heavy (non-hydrogen) atoms. The van der Waals surface area contributed by atoms with Crippen LogP contribution < -0.4 is 5.32 Å². The highest BCUT2D eigenvalue weighted by Crippen LogP contribution is 2.49. The molecule has 1 aliphatic carbocycles. The van der Waals surface area contributed by atoms with Crippen LogP contribution in [-0.2, 0) is 9.59 Å². The van der Waals surface area contributed by atoms with Gasteiger partial charge in [-0.05, 0) is 29.4 Å². The van der Waals surface area contributed by atoms with E-state index in [4.69, 9.17) is 0 Å². The molecule has 1 unspecified atom stereocenters. The molecule has 0 saturated heterocycles. The summed E-state index contributed by atoms with van der Waals surface area (Å²) in [5.74, 6) is -0.872. The van der Waals surface area contributed by atoms with Crippen molar-refractivity contribution >= 4 is 11.9 Å². The average molecular weight is 323 g/mol.